The number of fused-ring (bicyclic) bond motifs is 1. The number of aryl methyl sites for hydroxylation is 1. The van der Waals surface area contributed by atoms with Gasteiger partial charge in [0.25, 0.3) is 5.91 Å². The molecule has 1 amide bonds. The van der Waals surface area contributed by atoms with E-state index < -0.39 is 11.7 Å². The van der Waals surface area contributed by atoms with E-state index in [0.29, 0.717) is 22.9 Å². The molecule has 0 saturated carbocycles. The van der Waals surface area contributed by atoms with Crippen LogP contribution in [-0.4, -0.2) is 17.2 Å². The summed E-state index contributed by atoms with van der Waals surface area (Å²) in [6.07, 6.45) is -0.764. The summed E-state index contributed by atoms with van der Waals surface area (Å²) in [7, 11) is 0. The van der Waals surface area contributed by atoms with Gasteiger partial charge in [-0.3, -0.25) is 4.79 Å². The van der Waals surface area contributed by atoms with E-state index in [1.165, 1.54) is 6.07 Å². The highest BCUT2D eigenvalue weighted by atomic mass is 16.5. The molecule has 0 spiro atoms. The second-order valence-electron chi connectivity index (χ2n) is 5.03. The summed E-state index contributed by atoms with van der Waals surface area (Å²) in [5.41, 5.74) is -0.0448. The molecule has 0 bridgehead atoms. The summed E-state index contributed by atoms with van der Waals surface area (Å²) in [4.78, 5) is 23.3. The summed E-state index contributed by atoms with van der Waals surface area (Å²) >= 11 is 0. The lowest BCUT2D eigenvalue weighted by Crippen LogP contribution is -2.30. The fourth-order valence-electron chi connectivity index (χ4n) is 2.03. The fraction of sp³-hybridized carbons (Fsp3) is 0.188. The zero-order valence-electron chi connectivity index (χ0n) is 12.5. The Hall–Kier alpha value is -3.09. The van der Waals surface area contributed by atoms with Gasteiger partial charge in [0.2, 0.25) is 0 Å². The van der Waals surface area contributed by atoms with Crippen molar-refractivity contribution >= 4 is 22.7 Å². The number of nitrogens with one attached hydrogen (secondary N) is 1. The maximum atomic E-state index is 12.1. The van der Waals surface area contributed by atoms with Crippen molar-refractivity contribution < 1.29 is 18.5 Å². The van der Waals surface area contributed by atoms with Gasteiger partial charge in [-0.1, -0.05) is 5.16 Å². The first kappa shape index (κ1) is 14.8. The van der Waals surface area contributed by atoms with Crippen molar-refractivity contribution in [3.63, 3.8) is 0 Å². The van der Waals surface area contributed by atoms with Crippen molar-refractivity contribution in [1.29, 1.82) is 0 Å². The summed E-state index contributed by atoms with van der Waals surface area (Å²) in [6, 6.07) is 9.63. The van der Waals surface area contributed by atoms with E-state index in [4.69, 9.17) is 13.7 Å². The second kappa shape index (κ2) is 5.96. The van der Waals surface area contributed by atoms with Crippen LogP contribution in [0.3, 0.4) is 0 Å². The molecule has 0 radical (unpaired) electrons. The maximum Gasteiger partial charge on any atom is 0.336 e. The molecule has 1 unspecified atom stereocenters. The van der Waals surface area contributed by atoms with Gasteiger partial charge < -0.3 is 19.0 Å². The average Bonchev–Trinajstić information content (AvgIpc) is 2.91. The second-order valence-corrected chi connectivity index (χ2v) is 5.03. The number of amides is 1. The number of nitrogens with zero attached hydrogens (tertiary/aromatic N) is 1. The first-order chi connectivity index (χ1) is 11.0. The molecule has 23 heavy (non-hydrogen) atoms. The van der Waals surface area contributed by atoms with E-state index in [1.807, 2.05) is 0 Å². The molecule has 2 heterocycles. The number of hydrogen-bond donors (Lipinski definition) is 1. The Morgan fingerprint density at radius 1 is 1.26 bits per heavy atom. The molecule has 3 aromatic rings. The Labute approximate surface area is 130 Å². The van der Waals surface area contributed by atoms with Crippen molar-refractivity contribution in [2.45, 2.75) is 20.0 Å². The molecule has 0 aliphatic heterocycles. The maximum absolute atomic E-state index is 12.1. The normalized spacial score (nSPS) is 12.1. The monoisotopic (exact) mass is 314 g/mol. The van der Waals surface area contributed by atoms with Gasteiger partial charge in [0.15, 0.2) is 11.9 Å². The van der Waals surface area contributed by atoms with Crippen LogP contribution >= 0.6 is 0 Å². The predicted molar refractivity (Wildman–Crippen MR) is 82.4 cm³/mol. The molecule has 7 heteroatoms. The predicted octanol–water partition coefficient (Wildman–Crippen LogP) is 2.50. The molecule has 118 valence electrons. The molecular formula is C16H14N2O5. The van der Waals surface area contributed by atoms with Gasteiger partial charge in [-0.25, -0.2) is 4.79 Å². The van der Waals surface area contributed by atoms with Gasteiger partial charge >= 0.3 is 5.63 Å². The number of aromatic nitrogens is 1. The largest absolute Gasteiger partial charge is 0.481 e. The number of anilines is 1. The molecule has 0 aliphatic rings. The minimum absolute atomic E-state index is 0.326. The van der Waals surface area contributed by atoms with Crippen LogP contribution in [0.2, 0.25) is 0 Å². The molecule has 0 saturated heterocycles. The highest BCUT2D eigenvalue weighted by Crippen LogP contribution is 2.20. The van der Waals surface area contributed by atoms with E-state index in [-0.39, 0.29) is 5.91 Å². The number of benzene rings is 1. The Balaban J connectivity index is 1.72. The first-order valence-electron chi connectivity index (χ1n) is 6.96. The molecule has 3 rings (SSSR count). The van der Waals surface area contributed by atoms with Crippen LogP contribution in [0.5, 0.6) is 5.75 Å². The highest BCUT2D eigenvalue weighted by Gasteiger charge is 2.16. The van der Waals surface area contributed by atoms with Gasteiger partial charge in [0.05, 0.1) is 0 Å². The minimum Gasteiger partial charge on any atom is -0.481 e. The molecule has 0 aliphatic carbocycles. The quantitative estimate of drug-likeness (QED) is 0.743. The van der Waals surface area contributed by atoms with Crippen LogP contribution in [-0.2, 0) is 4.79 Å². The zero-order valence-corrected chi connectivity index (χ0v) is 12.5. The third-order valence-corrected chi connectivity index (χ3v) is 3.16. The summed E-state index contributed by atoms with van der Waals surface area (Å²) < 4.78 is 15.5. The van der Waals surface area contributed by atoms with Crippen molar-refractivity contribution in [1.82, 2.24) is 5.16 Å². The number of rotatable bonds is 4. The van der Waals surface area contributed by atoms with E-state index in [2.05, 4.69) is 10.5 Å². The molecule has 2 aromatic heterocycles. The van der Waals surface area contributed by atoms with Crippen LogP contribution in [0, 0.1) is 6.92 Å². The number of ether oxygens (including phenoxy) is 1. The average molecular weight is 314 g/mol. The summed E-state index contributed by atoms with van der Waals surface area (Å²) in [5, 5.41) is 7.04. The molecule has 7 nitrogen and oxygen atoms in total. The lowest BCUT2D eigenvalue weighted by Gasteiger charge is -2.13. The van der Waals surface area contributed by atoms with E-state index >= 15 is 0 Å². The van der Waals surface area contributed by atoms with Crippen molar-refractivity contribution in [2.24, 2.45) is 0 Å². The number of carbonyl (C=O) groups excluding carboxylic acids is 1. The lowest BCUT2D eigenvalue weighted by atomic mass is 10.2. The topological polar surface area (TPSA) is 94.6 Å². The molecule has 0 fully saturated rings. The van der Waals surface area contributed by atoms with Crippen LogP contribution in [0.25, 0.3) is 11.0 Å². The van der Waals surface area contributed by atoms with Gasteiger partial charge in [0, 0.05) is 23.6 Å². The molecule has 1 N–H and O–H groups in total. The van der Waals surface area contributed by atoms with E-state index in [9.17, 15) is 9.59 Å². The first-order valence-corrected chi connectivity index (χ1v) is 6.96. The number of hydrogen-bond acceptors (Lipinski definition) is 6. The standard InChI is InChI=1S/C16H14N2O5/c1-9-7-14(18-23-9)17-16(20)10(2)21-12-5-3-11-4-6-15(19)22-13(11)8-12/h3-8,10H,1-2H3,(H,17,18,20). The Bertz CT molecular complexity index is 912. The highest BCUT2D eigenvalue weighted by molar-refractivity contribution is 5.93. The lowest BCUT2D eigenvalue weighted by molar-refractivity contribution is -0.122. The van der Waals surface area contributed by atoms with E-state index in [1.54, 1.807) is 44.2 Å². The van der Waals surface area contributed by atoms with Crippen LogP contribution < -0.4 is 15.7 Å². The third-order valence-electron chi connectivity index (χ3n) is 3.16. The van der Waals surface area contributed by atoms with Crippen LogP contribution in [0.1, 0.15) is 12.7 Å². The smallest absolute Gasteiger partial charge is 0.336 e. The number of carbonyl (C=O) groups is 1. The van der Waals surface area contributed by atoms with Gasteiger partial charge in [-0.15, -0.1) is 0 Å². The van der Waals surface area contributed by atoms with Crippen molar-refractivity contribution in [3.05, 3.63) is 52.6 Å². The molecule has 1 atom stereocenters. The Morgan fingerprint density at radius 3 is 2.78 bits per heavy atom. The summed E-state index contributed by atoms with van der Waals surface area (Å²) in [5.74, 6) is 0.977. The summed E-state index contributed by atoms with van der Waals surface area (Å²) in [6.45, 7) is 3.33. The molecular weight excluding hydrogens is 300 g/mol. The Kier molecular flexibility index (Phi) is 3.84. The zero-order chi connectivity index (χ0) is 16.4. The SMILES string of the molecule is Cc1cc(NC(=O)C(C)Oc2ccc3ccc(=O)oc3c2)no1. The Morgan fingerprint density at radius 2 is 2.04 bits per heavy atom. The van der Waals surface area contributed by atoms with Gasteiger partial charge in [0.1, 0.15) is 17.1 Å². The van der Waals surface area contributed by atoms with Gasteiger partial charge in [-0.05, 0) is 32.0 Å². The third kappa shape index (κ3) is 3.39. The van der Waals surface area contributed by atoms with Crippen LogP contribution in [0.15, 0.2) is 50.1 Å². The van der Waals surface area contributed by atoms with Crippen molar-refractivity contribution in [2.75, 3.05) is 5.32 Å². The minimum atomic E-state index is -0.764. The van der Waals surface area contributed by atoms with E-state index in [0.717, 1.165) is 5.39 Å². The van der Waals surface area contributed by atoms with Crippen molar-refractivity contribution in [3.8, 4) is 5.75 Å². The van der Waals surface area contributed by atoms with Crippen LogP contribution in [0.4, 0.5) is 5.82 Å². The molecule has 1 aromatic carbocycles. The fourth-order valence-corrected chi connectivity index (χ4v) is 2.03. The van der Waals surface area contributed by atoms with Gasteiger partial charge in [-0.2, -0.15) is 0 Å².